The van der Waals surface area contributed by atoms with Crippen LogP contribution >= 0.6 is 15.9 Å². The van der Waals surface area contributed by atoms with Crippen LogP contribution in [0.1, 0.15) is 15.9 Å². The van der Waals surface area contributed by atoms with E-state index < -0.39 is 5.82 Å². The highest BCUT2D eigenvalue weighted by molar-refractivity contribution is 9.10. The lowest BCUT2D eigenvalue weighted by atomic mass is 10.1. The zero-order valence-electron chi connectivity index (χ0n) is 10.2. The molecule has 0 bridgehead atoms. The number of benzene rings is 2. The number of aryl methyl sites for hydroxylation is 1. The van der Waals surface area contributed by atoms with Crippen LogP contribution in [0.2, 0.25) is 0 Å². The van der Waals surface area contributed by atoms with Crippen LogP contribution in [-0.4, -0.2) is 5.91 Å². The van der Waals surface area contributed by atoms with Crippen molar-refractivity contribution >= 4 is 33.2 Å². The molecule has 2 aromatic carbocycles. The minimum absolute atomic E-state index is 0.127. The molecule has 0 heterocycles. The predicted molar refractivity (Wildman–Crippen MR) is 77.6 cm³/mol. The van der Waals surface area contributed by atoms with E-state index in [1.807, 2.05) is 6.92 Å². The molecule has 0 saturated carbocycles. The van der Waals surface area contributed by atoms with Crippen LogP contribution in [0, 0.1) is 12.7 Å². The molecule has 0 aliphatic carbocycles. The van der Waals surface area contributed by atoms with Gasteiger partial charge in [0.1, 0.15) is 5.82 Å². The summed E-state index contributed by atoms with van der Waals surface area (Å²) in [5.41, 5.74) is 7.67. The fourth-order valence-electron chi connectivity index (χ4n) is 1.62. The van der Waals surface area contributed by atoms with Gasteiger partial charge in [-0.25, -0.2) is 4.39 Å². The van der Waals surface area contributed by atoms with Crippen molar-refractivity contribution in [2.75, 3.05) is 11.1 Å². The third-order valence-corrected chi connectivity index (χ3v) is 3.39. The number of hydrogen-bond acceptors (Lipinski definition) is 2. The topological polar surface area (TPSA) is 55.1 Å². The molecule has 0 aliphatic heterocycles. The van der Waals surface area contributed by atoms with E-state index in [0.29, 0.717) is 15.7 Å². The second kappa shape index (κ2) is 5.40. The van der Waals surface area contributed by atoms with Gasteiger partial charge >= 0.3 is 0 Å². The standard InChI is InChI=1S/C14H12BrFN2O/c1-8-7-9(5-6-12(8)17)14(19)18-13-10(15)3-2-4-11(13)16/h2-7H,17H2,1H3,(H,18,19). The van der Waals surface area contributed by atoms with Crippen LogP contribution in [0.25, 0.3) is 0 Å². The van der Waals surface area contributed by atoms with E-state index >= 15 is 0 Å². The van der Waals surface area contributed by atoms with E-state index in [-0.39, 0.29) is 11.6 Å². The van der Waals surface area contributed by atoms with E-state index in [2.05, 4.69) is 21.2 Å². The molecule has 1 amide bonds. The monoisotopic (exact) mass is 322 g/mol. The van der Waals surface area contributed by atoms with Crippen molar-refractivity contribution < 1.29 is 9.18 Å². The smallest absolute Gasteiger partial charge is 0.255 e. The molecular formula is C14H12BrFN2O. The maximum absolute atomic E-state index is 13.6. The van der Waals surface area contributed by atoms with Gasteiger partial charge in [0.05, 0.1) is 5.69 Å². The van der Waals surface area contributed by atoms with Gasteiger partial charge in [0, 0.05) is 15.7 Å². The molecule has 19 heavy (non-hydrogen) atoms. The summed E-state index contributed by atoms with van der Waals surface area (Å²) in [6.45, 7) is 1.81. The van der Waals surface area contributed by atoms with Crippen molar-refractivity contribution in [1.82, 2.24) is 0 Å². The van der Waals surface area contributed by atoms with Crippen molar-refractivity contribution in [3.05, 3.63) is 57.8 Å². The Bertz CT molecular complexity index is 623. The summed E-state index contributed by atoms with van der Waals surface area (Å²) >= 11 is 3.20. The zero-order chi connectivity index (χ0) is 14.0. The molecule has 3 nitrogen and oxygen atoms in total. The number of halogens is 2. The lowest BCUT2D eigenvalue weighted by Gasteiger charge is -2.09. The Kier molecular flexibility index (Phi) is 3.85. The SMILES string of the molecule is Cc1cc(C(=O)Nc2c(F)cccc2Br)ccc1N. The van der Waals surface area contributed by atoms with Crippen molar-refractivity contribution in [3.8, 4) is 0 Å². The molecule has 0 saturated heterocycles. The number of rotatable bonds is 2. The summed E-state index contributed by atoms with van der Waals surface area (Å²) in [5.74, 6) is -0.871. The van der Waals surface area contributed by atoms with Gasteiger partial charge < -0.3 is 11.1 Å². The third-order valence-electron chi connectivity index (χ3n) is 2.73. The van der Waals surface area contributed by atoms with Crippen LogP contribution in [-0.2, 0) is 0 Å². The largest absolute Gasteiger partial charge is 0.399 e. The van der Waals surface area contributed by atoms with Crippen LogP contribution < -0.4 is 11.1 Å². The molecule has 0 fully saturated rings. The Hall–Kier alpha value is -1.88. The van der Waals surface area contributed by atoms with Gasteiger partial charge in [-0.15, -0.1) is 0 Å². The average molecular weight is 323 g/mol. The minimum atomic E-state index is -0.491. The number of nitrogen functional groups attached to an aromatic ring is 1. The number of carbonyl (C=O) groups is 1. The number of nitrogens with one attached hydrogen (secondary N) is 1. The van der Waals surface area contributed by atoms with Gasteiger partial charge in [-0.3, -0.25) is 4.79 Å². The highest BCUT2D eigenvalue weighted by atomic mass is 79.9. The minimum Gasteiger partial charge on any atom is -0.399 e. The van der Waals surface area contributed by atoms with Crippen molar-refractivity contribution in [1.29, 1.82) is 0 Å². The van der Waals surface area contributed by atoms with E-state index in [0.717, 1.165) is 5.56 Å². The summed E-state index contributed by atoms with van der Waals surface area (Å²) in [4.78, 5) is 12.0. The zero-order valence-corrected chi connectivity index (χ0v) is 11.8. The van der Waals surface area contributed by atoms with Gasteiger partial charge in [0.15, 0.2) is 0 Å². The molecule has 0 aromatic heterocycles. The first-order valence-electron chi connectivity index (χ1n) is 5.60. The first-order valence-corrected chi connectivity index (χ1v) is 6.40. The molecule has 5 heteroatoms. The fraction of sp³-hybridized carbons (Fsp3) is 0.0714. The summed E-state index contributed by atoms with van der Waals surface area (Å²) in [7, 11) is 0. The molecule has 0 spiro atoms. The molecule has 2 aromatic rings. The fourth-order valence-corrected chi connectivity index (χ4v) is 2.06. The lowest BCUT2D eigenvalue weighted by molar-refractivity contribution is 0.102. The average Bonchev–Trinajstić information content (AvgIpc) is 2.37. The van der Waals surface area contributed by atoms with Crippen LogP contribution in [0.15, 0.2) is 40.9 Å². The molecule has 0 atom stereocenters. The van der Waals surface area contributed by atoms with E-state index in [4.69, 9.17) is 5.73 Å². The Balaban J connectivity index is 2.28. The van der Waals surface area contributed by atoms with Gasteiger partial charge in [-0.1, -0.05) is 6.07 Å². The molecule has 2 rings (SSSR count). The van der Waals surface area contributed by atoms with Gasteiger partial charge in [0.25, 0.3) is 5.91 Å². The van der Waals surface area contributed by atoms with Crippen LogP contribution in [0.5, 0.6) is 0 Å². The Morgan fingerprint density at radius 1 is 1.32 bits per heavy atom. The Morgan fingerprint density at radius 3 is 2.68 bits per heavy atom. The van der Waals surface area contributed by atoms with Crippen molar-refractivity contribution in [2.24, 2.45) is 0 Å². The van der Waals surface area contributed by atoms with Gasteiger partial charge in [0.2, 0.25) is 0 Å². The van der Waals surface area contributed by atoms with Crippen LogP contribution in [0.4, 0.5) is 15.8 Å². The van der Waals surface area contributed by atoms with Crippen molar-refractivity contribution in [3.63, 3.8) is 0 Å². The number of carbonyl (C=O) groups excluding carboxylic acids is 1. The Morgan fingerprint density at radius 2 is 2.05 bits per heavy atom. The maximum Gasteiger partial charge on any atom is 0.255 e. The molecular weight excluding hydrogens is 311 g/mol. The quantitative estimate of drug-likeness (QED) is 0.828. The molecule has 0 radical (unpaired) electrons. The molecule has 98 valence electrons. The normalized spacial score (nSPS) is 10.3. The number of anilines is 2. The summed E-state index contributed by atoms with van der Waals surface area (Å²) in [6.07, 6.45) is 0. The predicted octanol–water partition coefficient (Wildman–Crippen LogP) is 3.73. The van der Waals surface area contributed by atoms with E-state index in [1.54, 1.807) is 30.3 Å². The highest BCUT2D eigenvalue weighted by Gasteiger charge is 2.12. The number of hydrogen-bond donors (Lipinski definition) is 2. The maximum atomic E-state index is 13.6. The lowest BCUT2D eigenvalue weighted by Crippen LogP contribution is -2.13. The van der Waals surface area contributed by atoms with E-state index in [1.165, 1.54) is 6.07 Å². The van der Waals surface area contributed by atoms with Crippen LogP contribution in [0.3, 0.4) is 0 Å². The van der Waals surface area contributed by atoms with Gasteiger partial charge in [-0.05, 0) is 58.7 Å². The molecule has 0 aliphatic rings. The summed E-state index contributed by atoms with van der Waals surface area (Å²) in [5, 5.41) is 2.54. The number of amides is 1. The number of para-hydroxylation sites is 1. The first kappa shape index (κ1) is 13.5. The second-order valence-electron chi connectivity index (χ2n) is 4.12. The highest BCUT2D eigenvalue weighted by Crippen LogP contribution is 2.26. The van der Waals surface area contributed by atoms with Gasteiger partial charge in [-0.2, -0.15) is 0 Å². The summed E-state index contributed by atoms with van der Waals surface area (Å²) < 4.78 is 14.1. The van der Waals surface area contributed by atoms with E-state index in [9.17, 15) is 9.18 Å². The molecule has 0 unspecified atom stereocenters. The second-order valence-corrected chi connectivity index (χ2v) is 4.98. The summed E-state index contributed by atoms with van der Waals surface area (Å²) in [6, 6.07) is 9.43. The Labute approximate surface area is 118 Å². The number of nitrogens with two attached hydrogens (primary N) is 1. The molecule has 3 N–H and O–H groups in total. The third kappa shape index (κ3) is 2.93. The first-order chi connectivity index (χ1) is 8.99. The van der Waals surface area contributed by atoms with Crippen molar-refractivity contribution in [2.45, 2.75) is 6.92 Å².